The number of hydrazine groups is 1. The van der Waals surface area contributed by atoms with Crippen molar-refractivity contribution in [1.82, 2.24) is 10.0 Å². The molecule has 3 amide bonds. The molecule has 9 heteroatoms. The number of amides is 3. The first-order valence-corrected chi connectivity index (χ1v) is 11.4. The number of ketones is 1. The van der Waals surface area contributed by atoms with Gasteiger partial charge < -0.3 is 0 Å². The van der Waals surface area contributed by atoms with Crippen LogP contribution in [0.2, 0.25) is 10.0 Å². The number of Topliss-reactive ketones (excluding diaryl/α,β-unsaturated/α-hetero) is 1. The summed E-state index contributed by atoms with van der Waals surface area (Å²) in [5, 5.41) is 2.16. The normalized spacial score (nSPS) is 19.8. The van der Waals surface area contributed by atoms with E-state index in [9.17, 15) is 19.2 Å². The van der Waals surface area contributed by atoms with E-state index < -0.39 is 41.9 Å². The van der Waals surface area contributed by atoms with Crippen molar-refractivity contribution in [1.29, 1.82) is 0 Å². The van der Waals surface area contributed by atoms with Crippen LogP contribution in [0.3, 0.4) is 0 Å². The minimum atomic E-state index is -0.692. The second-order valence-electron chi connectivity index (χ2n) is 7.57. The monoisotopic (exact) mass is 534 g/mol. The Hall–Kier alpha value is -2.48. The van der Waals surface area contributed by atoms with Gasteiger partial charge in [0.2, 0.25) is 0 Å². The number of hydrogen-bond donors (Lipinski definition) is 0. The summed E-state index contributed by atoms with van der Waals surface area (Å²) >= 11 is 15.3. The van der Waals surface area contributed by atoms with E-state index in [1.54, 1.807) is 24.3 Å². The highest BCUT2D eigenvalue weighted by Gasteiger charge is 2.51. The average molecular weight is 536 g/mol. The first kappa shape index (κ1) is 22.7. The number of carbonyl (C=O) groups excluding carboxylic acids is 4. The second kappa shape index (κ2) is 9.17. The van der Waals surface area contributed by atoms with Crippen LogP contribution in [0.1, 0.15) is 33.6 Å². The molecular weight excluding hydrogens is 519 g/mol. The second-order valence-corrected chi connectivity index (χ2v) is 9.30. The van der Waals surface area contributed by atoms with E-state index in [4.69, 9.17) is 23.2 Å². The van der Waals surface area contributed by atoms with Crippen molar-refractivity contribution in [2.24, 2.45) is 11.8 Å². The predicted molar refractivity (Wildman–Crippen MR) is 123 cm³/mol. The third kappa shape index (κ3) is 4.25. The molecule has 4 rings (SSSR count). The fraction of sp³-hybridized carbons (Fsp3) is 0.217. The van der Waals surface area contributed by atoms with Crippen LogP contribution in [-0.2, 0) is 9.59 Å². The van der Waals surface area contributed by atoms with Crippen molar-refractivity contribution in [3.63, 3.8) is 0 Å². The lowest BCUT2D eigenvalue weighted by atomic mass is 9.85. The van der Waals surface area contributed by atoms with Gasteiger partial charge in [-0.2, -0.15) is 5.01 Å². The predicted octanol–water partition coefficient (Wildman–Crippen LogP) is 4.95. The van der Waals surface area contributed by atoms with E-state index in [0.717, 1.165) is 14.5 Å². The zero-order chi connectivity index (χ0) is 23.0. The maximum absolute atomic E-state index is 13.4. The van der Waals surface area contributed by atoms with E-state index in [0.29, 0.717) is 18.4 Å². The van der Waals surface area contributed by atoms with Crippen molar-refractivity contribution in [3.8, 4) is 0 Å². The van der Waals surface area contributed by atoms with Gasteiger partial charge in [-0.05, 0) is 43.2 Å². The van der Waals surface area contributed by atoms with Crippen molar-refractivity contribution in [2.45, 2.75) is 12.8 Å². The van der Waals surface area contributed by atoms with Gasteiger partial charge in [0.1, 0.15) is 6.54 Å². The molecule has 2 aromatic carbocycles. The number of benzene rings is 2. The summed E-state index contributed by atoms with van der Waals surface area (Å²) in [7, 11) is 0. The Morgan fingerprint density at radius 3 is 2.03 bits per heavy atom. The molecule has 1 heterocycles. The van der Waals surface area contributed by atoms with Gasteiger partial charge in [0.25, 0.3) is 17.7 Å². The van der Waals surface area contributed by atoms with Crippen LogP contribution in [-0.4, -0.2) is 40.1 Å². The number of rotatable bonds is 5. The molecule has 6 nitrogen and oxygen atoms in total. The number of allylic oxidation sites excluding steroid dienone is 2. The number of imide groups is 1. The Kier molecular flexibility index (Phi) is 6.51. The largest absolute Gasteiger partial charge is 0.292 e. The molecule has 0 bridgehead atoms. The van der Waals surface area contributed by atoms with Gasteiger partial charge >= 0.3 is 0 Å². The standard InChI is InChI=1S/C23H17BrCl2N2O4/c24-15-8-5-13(6-9-15)20(29)12-27(21(30)14-7-10-18(25)19(26)11-14)28-22(31)16-3-1-2-4-17(16)23(28)32/h1-2,5-11,16-17H,3-4,12H2/t16-,17-/m0/s1. The molecule has 1 fully saturated rings. The van der Waals surface area contributed by atoms with Crippen molar-refractivity contribution < 1.29 is 19.2 Å². The maximum Gasteiger partial charge on any atom is 0.273 e. The van der Waals surface area contributed by atoms with E-state index in [1.165, 1.54) is 18.2 Å². The van der Waals surface area contributed by atoms with Gasteiger partial charge in [0.15, 0.2) is 5.78 Å². The summed E-state index contributed by atoms with van der Waals surface area (Å²) in [5.41, 5.74) is 0.454. The van der Waals surface area contributed by atoms with E-state index >= 15 is 0 Å². The number of carbonyl (C=O) groups is 4. The molecule has 0 radical (unpaired) electrons. The van der Waals surface area contributed by atoms with Crippen LogP contribution in [0, 0.1) is 11.8 Å². The van der Waals surface area contributed by atoms with E-state index in [-0.39, 0.29) is 15.6 Å². The molecule has 2 aromatic rings. The lowest BCUT2D eigenvalue weighted by Gasteiger charge is -2.30. The van der Waals surface area contributed by atoms with E-state index in [1.807, 2.05) is 12.2 Å². The van der Waals surface area contributed by atoms with Gasteiger partial charge in [0.05, 0.1) is 21.9 Å². The van der Waals surface area contributed by atoms with Crippen LogP contribution in [0.4, 0.5) is 0 Å². The van der Waals surface area contributed by atoms with Gasteiger partial charge in [-0.25, -0.2) is 5.01 Å². The Bertz CT molecular complexity index is 1120. The number of nitrogens with zero attached hydrogens (tertiary/aromatic N) is 2. The van der Waals surface area contributed by atoms with Crippen LogP contribution >= 0.6 is 39.1 Å². The lowest BCUT2D eigenvalue weighted by Crippen LogP contribution is -2.52. The highest BCUT2D eigenvalue weighted by Crippen LogP contribution is 2.36. The van der Waals surface area contributed by atoms with Gasteiger partial charge in [-0.3, -0.25) is 19.2 Å². The number of fused-ring (bicyclic) bond motifs is 1. The number of halogens is 3. The van der Waals surface area contributed by atoms with Crippen molar-refractivity contribution in [2.75, 3.05) is 6.54 Å². The SMILES string of the molecule is O=C(CN(C(=O)c1ccc(Cl)c(Cl)c1)N1C(=O)[C@H]2CC=CC[C@@H]2C1=O)c1ccc(Br)cc1. The van der Waals surface area contributed by atoms with Crippen LogP contribution in [0.25, 0.3) is 0 Å². The fourth-order valence-electron chi connectivity index (χ4n) is 3.90. The molecule has 0 spiro atoms. The van der Waals surface area contributed by atoms with Crippen LogP contribution < -0.4 is 0 Å². The quantitative estimate of drug-likeness (QED) is 0.308. The Morgan fingerprint density at radius 1 is 0.906 bits per heavy atom. The molecule has 1 saturated heterocycles. The minimum absolute atomic E-state index is 0.108. The first-order valence-electron chi connectivity index (χ1n) is 9.86. The third-order valence-corrected chi connectivity index (χ3v) is 6.85. The highest BCUT2D eigenvalue weighted by molar-refractivity contribution is 9.10. The van der Waals surface area contributed by atoms with Gasteiger partial charge in [-0.1, -0.05) is 63.4 Å². The summed E-state index contributed by atoms with van der Waals surface area (Å²) in [5.74, 6) is -3.16. The zero-order valence-corrected chi connectivity index (χ0v) is 19.7. The molecule has 0 saturated carbocycles. The molecule has 1 aliphatic heterocycles. The van der Waals surface area contributed by atoms with Crippen LogP contribution in [0.5, 0.6) is 0 Å². The molecular formula is C23H17BrCl2N2O4. The molecule has 164 valence electrons. The lowest BCUT2D eigenvalue weighted by molar-refractivity contribution is -0.154. The third-order valence-electron chi connectivity index (χ3n) is 5.59. The number of hydrogen-bond acceptors (Lipinski definition) is 4. The Morgan fingerprint density at radius 2 is 1.47 bits per heavy atom. The molecule has 2 aliphatic rings. The summed E-state index contributed by atoms with van der Waals surface area (Å²) in [6.45, 7) is -0.481. The average Bonchev–Trinajstić information content (AvgIpc) is 3.04. The molecule has 1 aliphatic carbocycles. The minimum Gasteiger partial charge on any atom is -0.292 e. The molecule has 32 heavy (non-hydrogen) atoms. The Labute approximate surface area is 202 Å². The smallest absolute Gasteiger partial charge is 0.273 e. The highest BCUT2D eigenvalue weighted by atomic mass is 79.9. The first-order chi connectivity index (χ1) is 15.3. The van der Waals surface area contributed by atoms with Crippen LogP contribution in [0.15, 0.2) is 59.1 Å². The summed E-state index contributed by atoms with van der Waals surface area (Å²) < 4.78 is 0.791. The molecule has 0 aromatic heterocycles. The summed E-state index contributed by atoms with van der Waals surface area (Å²) in [4.78, 5) is 52.7. The molecule has 0 unspecified atom stereocenters. The maximum atomic E-state index is 13.4. The van der Waals surface area contributed by atoms with E-state index in [2.05, 4.69) is 15.9 Å². The fourth-order valence-corrected chi connectivity index (χ4v) is 4.46. The summed E-state index contributed by atoms with van der Waals surface area (Å²) in [6.07, 6.45) is 4.55. The van der Waals surface area contributed by atoms with Crippen molar-refractivity contribution in [3.05, 3.63) is 80.3 Å². The van der Waals surface area contributed by atoms with Crippen molar-refractivity contribution >= 4 is 62.6 Å². The topological polar surface area (TPSA) is 74.8 Å². The Balaban J connectivity index is 1.70. The van der Waals surface area contributed by atoms with Gasteiger partial charge in [-0.15, -0.1) is 0 Å². The summed E-state index contributed by atoms with van der Waals surface area (Å²) in [6, 6.07) is 10.8. The zero-order valence-electron chi connectivity index (χ0n) is 16.6. The molecule has 0 N–H and O–H groups in total. The molecule has 2 atom stereocenters. The van der Waals surface area contributed by atoms with Gasteiger partial charge in [0, 0.05) is 15.6 Å².